The predicted octanol–water partition coefficient (Wildman–Crippen LogP) is 3.15. The summed E-state index contributed by atoms with van der Waals surface area (Å²) >= 11 is 0. The first-order valence-electron chi connectivity index (χ1n) is 7.57. The van der Waals surface area contributed by atoms with E-state index in [1.807, 2.05) is 24.3 Å². The maximum Gasteiger partial charge on any atom is 0.247 e. The molecule has 2 aromatic carbocycles. The lowest BCUT2D eigenvalue weighted by atomic mass is 10.1. The smallest absolute Gasteiger partial charge is 0.247 e. The van der Waals surface area contributed by atoms with Gasteiger partial charge in [0.15, 0.2) is 0 Å². The second-order valence-electron chi connectivity index (χ2n) is 5.88. The van der Waals surface area contributed by atoms with Crippen molar-refractivity contribution in [2.45, 2.75) is 31.7 Å². The van der Waals surface area contributed by atoms with Gasteiger partial charge in [-0.2, -0.15) is 0 Å². The lowest BCUT2D eigenvalue weighted by Gasteiger charge is -2.13. The highest BCUT2D eigenvalue weighted by Gasteiger charge is 2.26. The number of anilines is 2. The quantitative estimate of drug-likeness (QED) is 0.886. The van der Waals surface area contributed by atoms with E-state index < -0.39 is 0 Å². The van der Waals surface area contributed by atoms with Crippen LogP contribution in [-0.2, 0) is 24.1 Å². The number of para-hydroxylation sites is 1. The van der Waals surface area contributed by atoms with Crippen LogP contribution < -0.4 is 10.6 Å². The van der Waals surface area contributed by atoms with E-state index >= 15 is 0 Å². The number of carbonyl (C=O) groups is 1. The molecule has 0 fully saturated rings. The van der Waals surface area contributed by atoms with Gasteiger partial charge in [0.25, 0.3) is 0 Å². The van der Waals surface area contributed by atoms with Crippen molar-refractivity contribution in [2.24, 2.45) is 0 Å². The second kappa shape index (κ2) is 4.92. The van der Waals surface area contributed by atoms with Crippen molar-refractivity contribution < 1.29 is 4.79 Å². The van der Waals surface area contributed by atoms with E-state index in [4.69, 9.17) is 0 Å². The van der Waals surface area contributed by atoms with Gasteiger partial charge in [-0.25, -0.2) is 0 Å². The molecule has 2 N–H and O–H groups in total. The van der Waals surface area contributed by atoms with Crippen molar-refractivity contribution in [3.63, 3.8) is 0 Å². The minimum Gasteiger partial charge on any atom is -0.373 e. The zero-order chi connectivity index (χ0) is 14.2. The molecule has 1 amide bonds. The Morgan fingerprint density at radius 2 is 1.90 bits per heavy atom. The van der Waals surface area contributed by atoms with E-state index in [1.54, 1.807) is 0 Å². The molecule has 3 heteroatoms. The topological polar surface area (TPSA) is 41.1 Å². The summed E-state index contributed by atoms with van der Waals surface area (Å²) in [7, 11) is 0. The van der Waals surface area contributed by atoms with Crippen molar-refractivity contribution >= 4 is 17.3 Å². The SMILES string of the molecule is O=C(Nc1ccc2c(c1)CCC2)C1Cc2ccccc2N1. The summed E-state index contributed by atoms with van der Waals surface area (Å²) in [6, 6.07) is 14.2. The highest BCUT2D eigenvalue weighted by molar-refractivity contribution is 5.98. The number of nitrogens with one attached hydrogen (secondary N) is 2. The van der Waals surface area contributed by atoms with Gasteiger partial charge in [-0.3, -0.25) is 4.79 Å². The van der Waals surface area contributed by atoms with Gasteiger partial charge >= 0.3 is 0 Å². The van der Waals surface area contributed by atoms with Crippen molar-refractivity contribution in [2.75, 3.05) is 10.6 Å². The van der Waals surface area contributed by atoms with E-state index in [0.29, 0.717) is 0 Å². The van der Waals surface area contributed by atoms with Crippen LogP contribution in [0.1, 0.15) is 23.1 Å². The summed E-state index contributed by atoms with van der Waals surface area (Å²) in [5.41, 5.74) is 6.02. The number of benzene rings is 2. The van der Waals surface area contributed by atoms with Crippen LogP contribution in [-0.4, -0.2) is 11.9 Å². The largest absolute Gasteiger partial charge is 0.373 e. The van der Waals surface area contributed by atoms with Gasteiger partial charge in [0.05, 0.1) is 0 Å². The number of hydrogen-bond acceptors (Lipinski definition) is 2. The average Bonchev–Trinajstić information content (AvgIpc) is 3.13. The molecular formula is C18H18N2O. The van der Waals surface area contributed by atoms with Crippen LogP contribution in [0.5, 0.6) is 0 Å². The fraction of sp³-hybridized carbons (Fsp3) is 0.278. The van der Waals surface area contributed by atoms with E-state index in [-0.39, 0.29) is 11.9 Å². The first-order valence-corrected chi connectivity index (χ1v) is 7.57. The molecule has 3 nitrogen and oxygen atoms in total. The predicted molar refractivity (Wildman–Crippen MR) is 84.7 cm³/mol. The normalized spacial score (nSPS) is 18.8. The molecule has 1 heterocycles. The van der Waals surface area contributed by atoms with Crippen LogP contribution in [0.25, 0.3) is 0 Å². The van der Waals surface area contributed by atoms with Crippen molar-refractivity contribution in [1.82, 2.24) is 0 Å². The van der Waals surface area contributed by atoms with E-state index in [0.717, 1.165) is 24.2 Å². The molecule has 1 aliphatic carbocycles. The molecule has 1 aliphatic heterocycles. The molecule has 2 aromatic rings. The number of carbonyl (C=O) groups excluding carboxylic acids is 1. The Morgan fingerprint density at radius 1 is 1.05 bits per heavy atom. The molecule has 1 atom stereocenters. The Labute approximate surface area is 124 Å². The third-order valence-electron chi connectivity index (χ3n) is 4.45. The standard InChI is InChI=1S/C18H18N2O/c21-18(17-11-14-4-1-2-7-16(14)20-17)19-15-9-8-12-5-3-6-13(12)10-15/h1-2,4,7-10,17,20H,3,5-6,11H2,(H,19,21). The average molecular weight is 278 g/mol. The lowest BCUT2D eigenvalue weighted by Crippen LogP contribution is -2.32. The summed E-state index contributed by atoms with van der Waals surface area (Å²) < 4.78 is 0. The Bertz CT molecular complexity index is 683. The minimum atomic E-state index is -0.171. The molecule has 0 radical (unpaired) electrons. The van der Waals surface area contributed by atoms with Crippen molar-refractivity contribution in [3.8, 4) is 0 Å². The number of rotatable bonds is 2. The summed E-state index contributed by atoms with van der Waals surface area (Å²) in [5, 5.41) is 6.34. The molecule has 0 bridgehead atoms. The third kappa shape index (κ3) is 2.29. The first kappa shape index (κ1) is 12.5. The third-order valence-corrected chi connectivity index (χ3v) is 4.45. The summed E-state index contributed by atoms with van der Waals surface area (Å²) in [6.07, 6.45) is 4.29. The van der Waals surface area contributed by atoms with Gasteiger partial charge in [0.2, 0.25) is 5.91 Å². The maximum absolute atomic E-state index is 12.4. The van der Waals surface area contributed by atoms with Gasteiger partial charge in [-0.05, 0) is 54.2 Å². The van der Waals surface area contributed by atoms with Gasteiger partial charge in [0, 0.05) is 17.8 Å². The molecule has 4 rings (SSSR count). The lowest BCUT2D eigenvalue weighted by molar-refractivity contribution is -0.116. The van der Waals surface area contributed by atoms with Gasteiger partial charge in [-0.15, -0.1) is 0 Å². The van der Waals surface area contributed by atoms with Crippen LogP contribution >= 0.6 is 0 Å². The maximum atomic E-state index is 12.4. The summed E-state index contributed by atoms with van der Waals surface area (Å²) in [4.78, 5) is 12.4. The van der Waals surface area contributed by atoms with Crippen LogP contribution in [0.2, 0.25) is 0 Å². The van der Waals surface area contributed by atoms with Crippen molar-refractivity contribution in [3.05, 3.63) is 59.2 Å². The molecule has 0 saturated carbocycles. The Morgan fingerprint density at radius 3 is 2.81 bits per heavy atom. The first-order chi connectivity index (χ1) is 10.3. The number of hydrogen-bond donors (Lipinski definition) is 2. The van der Waals surface area contributed by atoms with Crippen LogP contribution in [0.4, 0.5) is 11.4 Å². The number of fused-ring (bicyclic) bond motifs is 2. The minimum absolute atomic E-state index is 0.0455. The monoisotopic (exact) mass is 278 g/mol. The highest BCUT2D eigenvalue weighted by atomic mass is 16.2. The Kier molecular flexibility index (Phi) is 2.92. The molecule has 1 unspecified atom stereocenters. The molecule has 2 aliphatic rings. The van der Waals surface area contributed by atoms with Crippen LogP contribution in [0.15, 0.2) is 42.5 Å². The molecule has 21 heavy (non-hydrogen) atoms. The fourth-order valence-electron chi connectivity index (χ4n) is 3.33. The molecule has 106 valence electrons. The van der Waals surface area contributed by atoms with E-state index in [2.05, 4.69) is 28.8 Å². The zero-order valence-corrected chi connectivity index (χ0v) is 11.9. The Hall–Kier alpha value is -2.29. The zero-order valence-electron chi connectivity index (χ0n) is 11.9. The second-order valence-corrected chi connectivity index (χ2v) is 5.88. The van der Waals surface area contributed by atoms with Gasteiger partial charge in [0.1, 0.15) is 6.04 Å². The number of amides is 1. The van der Waals surface area contributed by atoms with E-state index in [1.165, 1.54) is 29.5 Å². The fourth-order valence-corrected chi connectivity index (χ4v) is 3.33. The van der Waals surface area contributed by atoms with Crippen molar-refractivity contribution in [1.29, 1.82) is 0 Å². The molecule has 0 saturated heterocycles. The van der Waals surface area contributed by atoms with Crippen LogP contribution in [0.3, 0.4) is 0 Å². The molecule has 0 spiro atoms. The van der Waals surface area contributed by atoms with Gasteiger partial charge < -0.3 is 10.6 Å². The van der Waals surface area contributed by atoms with E-state index in [9.17, 15) is 4.79 Å². The number of aryl methyl sites for hydroxylation is 2. The van der Waals surface area contributed by atoms with Gasteiger partial charge in [-0.1, -0.05) is 24.3 Å². The summed E-state index contributed by atoms with van der Waals surface area (Å²) in [6.45, 7) is 0. The molecule has 0 aromatic heterocycles. The Balaban J connectivity index is 1.47. The van der Waals surface area contributed by atoms with Crippen LogP contribution in [0, 0.1) is 0 Å². The summed E-state index contributed by atoms with van der Waals surface area (Å²) in [5.74, 6) is 0.0455. The highest BCUT2D eigenvalue weighted by Crippen LogP contribution is 2.27. The molecular weight excluding hydrogens is 260 g/mol.